The van der Waals surface area contributed by atoms with E-state index in [2.05, 4.69) is 34.5 Å². The van der Waals surface area contributed by atoms with Gasteiger partial charge in [-0.3, -0.25) is 0 Å². The third-order valence-corrected chi connectivity index (χ3v) is 4.28. The molecule has 1 aliphatic heterocycles. The fourth-order valence-corrected chi connectivity index (χ4v) is 2.92. The lowest BCUT2D eigenvalue weighted by atomic mass is 9.78. The molecular weight excluding hydrogens is 250 g/mol. The average Bonchev–Trinajstić information content (AvgIpc) is 2.98. The van der Waals surface area contributed by atoms with Gasteiger partial charge >= 0.3 is 0 Å². The van der Waals surface area contributed by atoms with Gasteiger partial charge < -0.3 is 9.84 Å². The van der Waals surface area contributed by atoms with Crippen LogP contribution in [0.3, 0.4) is 0 Å². The summed E-state index contributed by atoms with van der Waals surface area (Å²) >= 11 is 0. The van der Waals surface area contributed by atoms with E-state index in [0.717, 1.165) is 44.1 Å². The minimum Gasteiger partial charge on any atom is -0.339 e. The Bertz CT molecular complexity index is 544. The van der Waals surface area contributed by atoms with Crippen LogP contribution in [0, 0.1) is 0 Å². The smallest absolute Gasteiger partial charge is 0.234 e. The molecule has 1 fully saturated rings. The topological polar surface area (TPSA) is 51.0 Å². The molecule has 20 heavy (non-hydrogen) atoms. The molecule has 4 nitrogen and oxygen atoms in total. The molecule has 0 saturated carbocycles. The molecule has 1 atom stereocenters. The van der Waals surface area contributed by atoms with Crippen molar-refractivity contribution in [1.82, 2.24) is 15.5 Å². The predicted octanol–water partition coefficient (Wildman–Crippen LogP) is 2.69. The molecule has 1 N–H and O–H groups in total. The van der Waals surface area contributed by atoms with Crippen LogP contribution in [0.5, 0.6) is 0 Å². The van der Waals surface area contributed by atoms with Crippen molar-refractivity contribution in [3.05, 3.63) is 47.6 Å². The second kappa shape index (κ2) is 5.75. The summed E-state index contributed by atoms with van der Waals surface area (Å²) in [4.78, 5) is 4.65. The average molecular weight is 271 g/mol. The van der Waals surface area contributed by atoms with Crippen LogP contribution in [0.1, 0.15) is 43.5 Å². The molecule has 0 radical (unpaired) electrons. The Morgan fingerprint density at radius 3 is 2.85 bits per heavy atom. The highest BCUT2D eigenvalue weighted by Gasteiger charge is 2.37. The van der Waals surface area contributed by atoms with Crippen molar-refractivity contribution < 1.29 is 4.52 Å². The van der Waals surface area contributed by atoms with Gasteiger partial charge in [-0.2, -0.15) is 4.98 Å². The van der Waals surface area contributed by atoms with E-state index < -0.39 is 0 Å². The second-order valence-electron chi connectivity index (χ2n) is 5.59. The number of rotatable bonds is 4. The van der Waals surface area contributed by atoms with Crippen molar-refractivity contribution in [2.75, 3.05) is 13.1 Å². The summed E-state index contributed by atoms with van der Waals surface area (Å²) in [5.74, 6) is 1.59. The molecule has 0 spiro atoms. The van der Waals surface area contributed by atoms with Gasteiger partial charge in [0.05, 0.1) is 5.41 Å². The van der Waals surface area contributed by atoms with E-state index in [1.807, 2.05) is 18.2 Å². The van der Waals surface area contributed by atoms with E-state index in [4.69, 9.17) is 4.52 Å². The van der Waals surface area contributed by atoms with Gasteiger partial charge in [0.15, 0.2) is 5.82 Å². The van der Waals surface area contributed by atoms with E-state index in [1.165, 1.54) is 12.0 Å². The molecule has 0 bridgehead atoms. The summed E-state index contributed by atoms with van der Waals surface area (Å²) in [5, 5.41) is 7.62. The standard InChI is InChI=1S/C16H21N3O/c1-2-16(9-6-10-17-12-16)15-18-14(19-20-15)11-13-7-4-3-5-8-13/h3-5,7-8,17H,2,6,9-12H2,1H3. The van der Waals surface area contributed by atoms with Crippen molar-refractivity contribution in [1.29, 1.82) is 0 Å². The van der Waals surface area contributed by atoms with Gasteiger partial charge in [0.25, 0.3) is 0 Å². The number of aromatic nitrogens is 2. The fraction of sp³-hybridized carbons (Fsp3) is 0.500. The first-order valence-corrected chi connectivity index (χ1v) is 7.40. The number of nitrogens with one attached hydrogen (secondary N) is 1. The molecule has 1 saturated heterocycles. The third kappa shape index (κ3) is 2.61. The minimum absolute atomic E-state index is 0.0280. The number of benzene rings is 1. The van der Waals surface area contributed by atoms with Crippen molar-refractivity contribution in [3.8, 4) is 0 Å². The summed E-state index contributed by atoms with van der Waals surface area (Å²) in [7, 11) is 0. The summed E-state index contributed by atoms with van der Waals surface area (Å²) in [6.07, 6.45) is 4.07. The van der Waals surface area contributed by atoms with Crippen molar-refractivity contribution in [2.45, 2.75) is 38.0 Å². The Balaban J connectivity index is 1.79. The molecule has 4 heteroatoms. The fourth-order valence-electron chi connectivity index (χ4n) is 2.92. The summed E-state index contributed by atoms with van der Waals surface area (Å²) in [5.41, 5.74) is 1.24. The molecule has 1 aliphatic rings. The SMILES string of the molecule is CCC1(c2nc(Cc3ccccc3)no2)CCCNC1. The van der Waals surface area contributed by atoms with Gasteiger partial charge in [-0.1, -0.05) is 42.4 Å². The maximum atomic E-state index is 5.57. The van der Waals surface area contributed by atoms with Crippen LogP contribution in [0.2, 0.25) is 0 Å². The van der Waals surface area contributed by atoms with Crippen molar-refractivity contribution in [3.63, 3.8) is 0 Å². The molecular formula is C16H21N3O. The number of hydrogen-bond acceptors (Lipinski definition) is 4. The molecule has 0 aliphatic carbocycles. The maximum Gasteiger partial charge on any atom is 0.234 e. The molecule has 1 aromatic heterocycles. The first-order valence-electron chi connectivity index (χ1n) is 7.40. The van der Waals surface area contributed by atoms with Crippen LogP contribution >= 0.6 is 0 Å². The van der Waals surface area contributed by atoms with Crippen molar-refractivity contribution >= 4 is 0 Å². The van der Waals surface area contributed by atoms with Gasteiger partial charge in [-0.15, -0.1) is 0 Å². The zero-order valence-electron chi connectivity index (χ0n) is 11.9. The normalized spacial score (nSPS) is 22.9. The molecule has 0 amide bonds. The summed E-state index contributed by atoms with van der Waals surface area (Å²) in [6.45, 7) is 4.23. The van der Waals surface area contributed by atoms with Crippen LogP contribution in [0.25, 0.3) is 0 Å². The lowest BCUT2D eigenvalue weighted by Gasteiger charge is -2.33. The Morgan fingerprint density at radius 2 is 2.15 bits per heavy atom. The van der Waals surface area contributed by atoms with Crippen LogP contribution in [-0.2, 0) is 11.8 Å². The van der Waals surface area contributed by atoms with E-state index in [0.29, 0.717) is 0 Å². The number of piperidine rings is 1. The maximum absolute atomic E-state index is 5.57. The van der Waals surface area contributed by atoms with E-state index in [1.54, 1.807) is 0 Å². The lowest BCUT2D eigenvalue weighted by molar-refractivity contribution is 0.220. The summed E-state index contributed by atoms with van der Waals surface area (Å²) < 4.78 is 5.57. The van der Waals surface area contributed by atoms with Crippen LogP contribution in [0.15, 0.2) is 34.9 Å². The Hall–Kier alpha value is -1.68. The highest BCUT2D eigenvalue weighted by molar-refractivity contribution is 5.19. The van der Waals surface area contributed by atoms with Gasteiger partial charge in [0, 0.05) is 13.0 Å². The molecule has 3 rings (SSSR count). The number of hydrogen-bond donors (Lipinski definition) is 1. The second-order valence-corrected chi connectivity index (χ2v) is 5.59. The Kier molecular flexibility index (Phi) is 3.83. The van der Waals surface area contributed by atoms with Crippen LogP contribution < -0.4 is 5.32 Å². The molecule has 1 aromatic carbocycles. The van der Waals surface area contributed by atoms with E-state index in [9.17, 15) is 0 Å². The van der Waals surface area contributed by atoms with Crippen LogP contribution in [-0.4, -0.2) is 23.2 Å². The van der Waals surface area contributed by atoms with Crippen LogP contribution in [0.4, 0.5) is 0 Å². The largest absolute Gasteiger partial charge is 0.339 e. The Labute approximate surface area is 119 Å². The van der Waals surface area contributed by atoms with Gasteiger partial charge in [-0.25, -0.2) is 0 Å². The van der Waals surface area contributed by atoms with E-state index in [-0.39, 0.29) is 5.41 Å². The van der Waals surface area contributed by atoms with E-state index >= 15 is 0 Å². The van der Waals surface area contributed by atoms with Gasteiger partial charge in [0.2, 0.25) is 5.89 Å². The Morgan fingerprint density at radius 1 is 1.30 bits per heavy atom. The first kappa shape index (κ1) is 13.3. The highest BCUT2D eigenvalue weighted by atomic mass is 16.5. The quantitative estimate of drug-likeness (QED) is 0.929. The zero-order valence-corrected chi connectivity index (χ0v) is 11.9. The van der Waals surface area contributed by atoms with Gasteiger partial charge in [-0.05, 0) is 31.4 Å². The predicted molar refractivity (Wildman–Crippen MR) is 77.6 cm³/mol. The monoisotopic (exact) mass is 271 g/mol. The molecule has 1 unspecified atom stereocenters. The minimum atomic E-state index is 0.0280. The molecule has 2 heterocycles. The lowest BCUT2D eigenvalue weighted by Crippen LogP contribution is -2.43. The zero-order chi connectivity index (χ0) is 13.8. The first-order chi connectivity index (χ1) is 9.82. The van der Waals surface area contributed by atoms with Gasteiger partial charge in [0.1, 0.15) is 0 Å². The molecule has 106 valence electrons. The number of nitrogens with zero attached hydrogens (tertiary/aromatic N) is 2. The summed E-state index contributed by atoms with van der Waals surface area (Å²) in [6, 6.07) is 10.3. The highest BCUT2D eigenvalue weighted by Crippen LogP contribution is 2.33. The molecule has 2 aromatic rings. The van der Waals surface area contributed by atoms with Crippen molar-refractivity contribution in [2.24, 2.45) is 0 Å². The third-order valence-electron chi connectivity index (χ3n) is 4.28.